The van der Waals surface area contributed by atoms with Crippen molar-refractivity contribution in [2.24, 2.45) is 9.98 Å². The minimum Gasteiger partial charge on any atom is -0.493 e. The van der Waals surface area contributed by atoms with E-state index in [1.807, 2.05) is 60.7 Å². The standard InChI is InChI=1S/C36H30N2O8/c1-41-25-17-15-23(19-27(25)43-3)29-35(33(39)45-31(37-35)21-11-7-5-8-12-21)30(24-16-18-26(42-2)28(20-24)44-4)36(29)34(40)46-32(38-36)22-13-9-6-10-14-22/h5-20,29-30H,1-4H3. The van der Waals surface area contributed by atoms with E-state index in [-0.39, 0.29) is 11.8 Å². The van der Waals surface area contributed by atoms with Crippen LogP contribution < -0.4 is 18.9 Å². The quantitative estimate of drug-likeness (QED) is 0.251. The van der Waals surface area contributed by atoms with Crippen molar-refractivity contribution in [3.8, 4) is 23.0 Å². The number of benzene rings is 4. The highest BCUT2D eigenvalue weighted by Gasteiger charge is 2.83. The molecular formula is C36H30N2O8. The predicted octanol–water partition coefficient (Wildman–Crippen LogP) is 5.09. The van der Waals surface area contributed by atoms with Crippen LogP contribution in [0.2, 0.25) is 0 Å². The first-order valence-corrected chi connectivity index (χ1v) is 14.6. The molecule has 3 aliphatic rings. The van der Waals surface area contributed by atoms with Crippen LogP contribution in [0.25, 0.3) is 0 Å². The minimum atomic E-state index is -1.63. The first kappa shape index (κ1) is 29.1. The number of hydrogen-bond donors (Lipinski definition) is 0. The van der Waals surface area contributed by atoms with E-state index in [9.17, 15) is 9.59 Å². The van der Waals surface area contributed by atoms with Crippen LogP contribution in [0.5, 0.6) is 23.0 Å². The zero-order valence-electron chi connectivity index (χ0n) is 25.6. The van der Waals surface area contributed by atoms with Gasteiger partial charge in [-0.1, -0.05) is 48.5 Å². The third-order valence-electron chi connectivity index (χ3n) is 8.89. The summed E-state index contributed by atoms with van der Waals surface area (Å²) in [5.74, 6) is -1.06. The number of carbonyl (C=O) groups excluding carboxylic acids is 2. The van der Waals surface area contributed by atoms with Crippen LogP contribution in [0.15, 0.2) is 107 Å². The first-order chi connectivity index (χ1) is 22.4. The lowest BCUT2D eigenvalue weighted by Gasteiger charge is -2.58. The third-order valence-corrected chi connectivity index (χ3v) is 8.89. The van der Waals surface area contributed by atoms with E-state index in [0.29, 0.717) is 45.3 Å². The Hall–Kier alpha value is -5.64. The highest BCUT2D eigenvalue weighted by atomic mass is 16.6. The van der Waals surface area contributed by atoms with Gasteiger partial charge in [0.05, 0.1) is 40.3 Å². The van der Waals surface area contributed by atoms with Crippen molar-refractivity contribution in [2.45, 2.75) is 22.9 Å². The zero-order valence-corrected chi connectivity index (χ0v) is 25.6. The summed E-state index contributed by atoms with van der Waals surface area (Å²) in [5.41, 5.74) is -0.877. The van der Waals surface area contributed by atoms with Crippen LogP contribution in [-0.4, -0.2) is 63.3 Å². The zero-order chi connectivity index (χ0) is 32.1. The Morgan fingerprint density at radius 3 is 1.24 bits per heavy atom. The van der Waals surface area contributed by atoms with Gasteiger partial charge in [0.1, 0.15) is 0 Å². The Labute approximate surface area is 265 Å². The number of hydrogen-bond acceptors (Lipinski definition) is 10. The predicted molar refractivity (Wildman–Crippen MR) is 168 cm³/mol. The number of carbonyl (C=O) groups is 2. The second-order valence-corrected chi connectivity index (χ2v) is 11.1. The molecule has 0 N–H and O–H groups in total. The van der Waals surface area contributed by atoms with Gasteiger partial charge in [-0.25, -0.2) is 19.6 Å². The van der Waals surface area contributed by atoms with Crippen LogP contribution in [0.4, 0.5) is 0 Å². The second kappa shape index (κ2) is 11.1. The Balaban J connectivity index is 1.53. The van der Waals surface area contributed by atoms with Gasteiger partial charge in [-0.3, -0.25) is 0 Å². The van der Waals surface area contributed by atoms with E-state index in [0.717, 1.165) is 0 Å². The number of aliphatic imine (C=N–C) groups is 2. The first-order valence-electron chi connectivity index (χ1n) is 14.6. The topological polar surface area (TPSA) is 114 Å². The smallest absolute Gasteiger partial charge is 0.342 e. The Morgan fingerprint density at radius 2 is 0.891 bits per heavy atom. The molecular weight excluding hydrogens is 588 g/mol. The maximum absolute atomic E-state index is 14.4. The average Bonchev–Trinajstić information content (AvgIpc) is 3.64. The molecule has 0 bridgehead atoms. The molecule has 0 saturated heterocycles. The van der Waals surface area contributed by atoms with Crippen LogP contribution in [0.1, 0.15) is 34.1 Å². The van der Waals surface area contributed by atoms with E-state index in [1.165, 1.54) is 28.4 Å². The van der Waals surface area contributed by atoms with Crippen molar-refractivity contribution in [1.29, 1.82) is 0 Å². The molecule has 0 amide bonds. The third kappa shape index (κ3) is 4.09. The summed E-state index contributed by atoms with van der Waals surface area (Å²) in [6.45, 7) is 0. The molecule has 4 aromatic rings. The fraction of sp³-hybridized carbons (Fsp3) is 0.222. The van der Waals surface area contributed by atoms with Crippen LogP contribution >= 0.6 is 0 Å². The van der Waals surface area contributed by atoms with Crippen molar-refractivity contribution in [3.63, 3.8) is 0 Å². The fourth-order valence-electron chi connectivity index (χ4n) is 6.94. The molecule has 1 saturated carbocycles. The average molecular weight is 619 g/mol. The van der Waals surface area contributed by atoms with Gasteiger partial charge in [-0.15, -0.1) is 0 Å². The van der Waals surface area contributed by atoms with E-state index in [2.05, 4.69) is 0 Å². The monoisotopic (exact) mass is 618 g/mol. The van der Waals surface area contributed by atoms with Gasteiger partial charge in [0.15, 0.2) is 34.1 Å². The molecule has 0 aromatic heterocycles. The molecule has 0 atom stereocenters. The molecule has 1 aliphatic carbocycles. The van der Waals surface area contributed by atoms with E-state index in [1.54, 1.807) is 36.4 Å². The van der Waals surface area contributed by atoms with E-state index < -0.39 is 34.9 Å². The number of cyclic esters (lactones) is 2. The number of rotatable bonds is 8. The molecule has 46 heavy (non-hydrogen) atoms. The second-order valence-electron chi connectivity index (χ2n) is 11.1. The molecule has 1 fully saturated rings. The lowest BCUT2D eigenvalue weighted by atomic mass is 9.43. The lowest BCUT2D eigenvalue weighted by Crippen LogP contribution is -2.73. The Morgan fingerprint density at radius 1 is 0.522 bits per heavy atom. The van der Waals surface area contributed by atoms with Crippen molar-refractivity contribution >= 4 is 23.7 Å². The van der Waals surface area contributed by atoms with Gasteiger partial charge in [0, 0.05) is 11.1 Å². The van der Waals surface area contributed by atoms with Crippen molar-refractivity contribution < 1.29 is 38.0 Å². The number of ether oxygens (including phenoxy) is 6. The Kier molecular flexibility index (Phi) is 7.00. The molecule has 2 heterocycles. The minimum absolute atomic E-state index is 0.148. The van der Waals surface area contributed by atoms with E-state index in [4.69, 9.17) is 38.4 Å². The van der Waals surface area contributed by atoms with Gasteiger partial charge in [-0.2, -0.15) is 0 Å². The summed E-state index contributed by atoms with van der Waals surface area (Å²) in [4.78, 5) is 39.0. The summed E-state index contributed by atoms with van der Waals surface area (Å²) >= 11 is 0. The SMILES string of the molecule is COc1ccc(C2C3(N=C(c4ccccc4)OC3=O)C(c3ccc(OC)c(OC)c3)C23N=C(c2ccccc2)OC3=O)cc1OC. The Bertz CT molecular complexity index is 1760. The molecule has 2 aliphatic heterocycles. The highest BCUT2D eigenvalue weighted by Crippen LogP contribution is 2.70. The molecule has 2 spiro atoms. The number of esters is 2. The molecule has 4 aromatic carbocycles. The molecule has 10 heteroatoms. The largest absolute Gasteiger partial charge is 0.493 e. The van der Waals surface area contributed by atoms with Crippen LogP contribution in [-0.2, 0) is 19.1 Å². The summed E-state index contributed by atoms with van der Waals surface area (Å²) < 4.78 is 34.2. The van der Waals surface area contributed by atoms with Crippen molar-refractivity contribution in [3.05, 3.63) is 119 Å². The fourth-order valence-corrected chi connectivity index (χ4v) is 6.94. The highest BCUT2D eigenvalue weighted by molar-refractivity contribution is 6.15. The van der Waals surface area contributed by atoms with Gasteiger partial charge < -0.3 is 28.4 Å². The summed E-state index contributed by atoms with van der Waals surface area (Å²) in [7, 11) is 6.11. The van der Waals surface area contributed by atoms with Crippen LogP contribution in [0, 0.1) is 0 Å². The van der Waals surface area contributed by atoms with Gasteiger partial charge in [0.2, 0.25) is 11.8 Å². The number of methoxy groups -OCH3 is 4. The van der Waals surface area contributed by atoms with Crippen molar-refractivity contribution in [1.82, 2.24) is 0 Å². The lowest BCUT2D eigenvalue weighted by molar-refractivity contribution is -0.158. The number of nitrogens with zero attached hydrogens (tertiary/aromatic N) is 2. The van der Waals surface area contributed by atoms with Gasteiger partial charge >= 0.3 is 11.9 Å². The molecule has 0 radical (unpaired) electrons. The summed E-state index contributed by atoms with van der Waals surface area (Å²) in [6, 6.07) is 28.8. The van der Waals surface area contributed by atoms with Crippen molar-refractivity contribution in [2.75, 3.05) is 28.4 Å². The molecule has 10 nitrogen and oxygen atoms in total. The molecule has 232 valence electrons. The normalized spacial score (nSPS) is 24.5. The maximum atomic E-state index is 14.4. The summed E-state index contributed by atoms with van der Waals surface area (Å²) in [6.07, 6.45) is 0. The van der Waals surface area contributed by atoms with Crippen LogP contribution in [0.3, 0.4) is 0 Å². The van der Waals surface area contributed by atoms with E-state index >= 15 is 0 Å². The molecule has 7 rings (SSSR count). The maximum Gasteiger partial charge on any atom is 0.342 e. The molecule has 0 unspecified atom stereocenters. The van der Waals surface area contributed by atoms with Gasteiger partial charge in [0.25, 0.3) is 0 Å². The van der Waals surface area contributed by atoms with Gasteiger partial charge in [-0.05, 0) is 59.7 Å². The summed E-state index contributed by atoms with van der Waals surface area (Å²) in [5, 5.41) is 0.